The molecule has 0 radical (unpaired) electrons. The van der Waals surface area contributed by atoms with Crippen molar-refractivity contribution in [2.75, 3.05) is 20.3 Å². The number of carbonyl (C=O) groups is 2. The molecule has 1 saturated heterocycles. The Balaban J connectivity index is 2.23. The maximum absolute atomic E-state index is 12.2. The molecular weight excluding hydrogens is 394 g/mol. The van der Waals surface area contributed by atoms with Crippen molar-refractivity contribution < 1.29 is 19.4 Å². The molecule has 1 fully saturated rings. The van der Waals surface area contributed by atoms with Gasteiger partial charge in [0, 0.05) is 30.3 Å². The van der Waals surface area contributed by atoms with E-state index in [-0.39, 0.29) is 26.8 Å². The number of carbonyl (C=O) groups excluding carboxylic acids is 2. The number of nitrogens with zero attached hydrogens (tertiary/aromatic N) is 1. The van der Waals surface area contributed by atoms with Gasteiger partial charge in [0.05, 0.1) is 9.93 Å². The van der Waals surface area contributed by atoms with Crippen LogP contribution in [0.5, 0.6) is 5.75 Å². The third-order valence-corrected chi connectivity index (χ3v) is 4.60. The number of aromatic hydroxyl groups is 1. The van der Waals surface area contributed by atoms with Crippen molar-refractivity contribution in [3.63, 3.8) is 0 Å². The van der Waals surface area contributed by atoms with Gasteiger partial charge >= 0.3 is 0 Å². The minimum atomic E-state index is -0.374. The van der Waals surface area contributed by atoms with Gasteiger partial charge in [-0.25, -0.2) is 0 Å². The van der Waals surface area contributed by atoms with E-state index >= 15 is 0 Å². The van der Waals surface area contributed by atoms with Gasteiger partial charge in [0.15, 0.2) is 0 Å². The molecule has 22 heavy (non-hydrogen) atoms. The summed E-state index contributed by atoms with van der Waals surface area (Å²) in [6.45, 7) is 0.782. The molecule has 0 aliphatic carbocycles. The fourth-order valence-corrected chi connectivity index (χ4v) is 3.59. The van der Waals surface area contributed by atoms with Gasteiger partial charge in [-0.05, 0) is 36.4 Å². The lowest BCUT2D eigenvalue weighted by Crippen LogP contribution is -2.29. The normalized spacial score (nSPS) is 16.9. The summed E-state index contributed by atoms with van der Waals surface area (Å²) < 4.78 is 5.58. The molecule has 118 valence electrons. The zero-order valence-corrected chi connectivity index (χ0v) is 14.8. The topological polar surface area (TPSA) is 66.8 Å². The number of imide groups is 1. The summed E-state index contributed by atoms with van der Waals surface area (Å²) in [5, 5.41) is 9.78. The number of ether oxygens (including phenoxy) is 1. The molecule has 0 unspecified atom stereocenters. The Morgan fingerprint density at radius 2 is 2.18 bits per heavy atom. The van der Waals surface area contributed by atoms with Crippen molar-refractivity contribution in [3.05, 3.63) is 32.1 Å². The number of thioether (sulfide) groups is 1. The molecule has 2 rings (SSSR count). The summed E-state index contributed by atoms with van der Waals surface area (Å²) in [6, 6.07) is 3.17. The summed E-state index contributed by atoms with van der Waals surface area (Å²) in [4.78, 5) is 25.6. The summed E-state index contributed by atoms with van der Waals surface area (Å²) in [6.07, 6.45) is 2.04. The maximum Gasteiger partial charge on any atom is 0.293 e. The molecule has 2 amide bonds. The van der Waals surface area contributed by atoms with Gasteiger partial charge in [0.1, 0.15) is 5.75 Å². The van der Waals surface area contributed by atoms with Crippen LogP contribution in [-0.2, 0) is 9.53 Å². The Kier molecular flexibility index (Phi) is 5.91. The van der Waals surface area contributed by atoms with Crippen LogP contribution in [0.15, 0.2) is 21.5 Å². The third-order valence-electron chi connectivity index (χ3n) is 2.95. The Bertz CT molecular complexity index is 650. The van der Waals surface area contributed by atoms with E-state index in [0.29, 0.717) is 29.6 Å². The Morgan fingerprint density at radius 3 is 2.86 bits per heavy atom. The van der Waals surface area contributed by atoms with E-state index in [1.807, 2.05) is 0 Å². The Labute approximate surface area is 145 Å². The summed E-state index contributed by atoms with van der Waals surface area (Å²) in [5.41, 5.74) is 0.377. The van der Waals surface area contributed by atoms with Crippen molar-refractivity contribution in [3.8, 4) is 5.75 Å². The molecule has 0 saturated carbocycles. The molecular formula is C14H13BrClNO4S. The second kappa shape index (κ2) is 7.50. The average Bonchev–Trinajstić information content (AvgIpc) is 2.72. The van der Waals surface area contributed by atoms with Crippen molar-refractivity contribution in [1.82, 2.24) is 4.90 Å². The molecule has 1 aliphatic heterocycles. The standard InChI is InChI=1S/C14H13BrClNO4S/c1-21-4-2-3-17-13(19)11(22-14(17)20)6-8-5-9(15)7-10(16)12(8)18/h5-7,18H,2-4H2,1H3/b11-6-. The molecule has 5 nitrogen and oxygen atoms in total. The lowest BCUT2D eigenvalue weighted by atomic mass is 10.2. The first-order valence-corrected chi connectivity index (χ1v) is 8.35. The number of hydrogen-bond acceptors (Lipinski definition) is 5. The van der Waals surface area contributed by atoms with Crippen molar-refractivity contribution >= 4 is 56.5 Å². The molecule has 0 spiro atoms. The summed E-state index contributed by atoms with van der Waals surface area (Å²) >= 11 is 10.0. The molecule has 1 heterocycles. The zero-order valence-electron chi connectivity index (χ0n) is 11.6. The van der Waals surface area contributed by atoms with Gasteiger partial charge in [0.2, 0.25) is 0 Å². The molecule has 1 aromatic carbocycles. The molecule has 0 bridgehead atoms. The van der Waals surface area contributed by atoms with Crippen LogP contribution in [0.2, 0.25) is 5.02 Å². The summed E-state index contributed by atoms with van der Waals surface area (Å²) in [7, 11) is 1.56. The highest BCUT2D eigenvalue weighted by Crippen LogP contribution is 2.37. The van der Waals surface area contributed by atoms with Crippen LogP contribution < -0.4 is 0 Å². The van der Waals surface area contributed by atoms with Crippen LogP contribution in [0.4, 0.5) is 4.79 Å². The number of phenolic OH excluding ortho intramolecular Hbond substituents is 1. The molecule has 1 aromatic rings. The van der Waals surface area contributed by atoms with Gasteiger partial charge in [-0.1, -0.05) is 27.5 Å². The van der Waals surface area contributed by atoms with Crippen LogP contribution in [-0.4, -0.2) is 41.4 Å². The SMILES string of the molecule is COCCCN1C(=O)S/C(=C\c2cc(Br)cc(Cl)c2O)C1=O. The third kappa shape index (κ3) is 3.84. The van der Waals surface area contributed by atoms with E-state index in [1.54, 1.807) is 19.2 Å². The van der Waals surface area contributed by atoms with E-state index in [1.165, 1.54) is 11.0 Å². The number of benzene rings is 1. The monoisotopic (exact) mass is 405 g/mol. The maximum atomic E-state index is 12.2. The second-order valence-corrected chi connectivity index (χ2v) is 6.82. The molecule has 1 aliphatic rings. The molecule has 1 N–H and O–H groups in total. The van der Waals surface area contributed by atoms with Crippen LogP contribution in [0.1, 0.15) is 12.0 Å². The highest BCUT2D eigenvalue weighted by atomic mass is 79.9. The lowest BCUT2D eigenvalue weighted by Gasteiger charge is -2.11. The first kappa shape index (κ1) is 17.3. The van der Waals surface area contributed by atoms with Crippen LogP contribution in [0, 0.1) is 0 Å². The molecule has 0 atom stereocenters. The number of rotatable bonds is 5. The van der Waals surface area contributed by atoms with Crippen molar-refractivity contribution in [2.24, 2.45) is 0 Å². The van der Waals surface area contributed by atoms with Gasteiger partial charge < -0.3 is 9.84 Å². The first-order chi connectivity index (χ1) is 10.4. The number of phenols is 1. The number of amides is 2. The fraction of sp³-hybridized carbons (Fsp3) is 0.286. The second-order valence-electron chi connectivity index (χ2n) is 4.51. The van der Waals surface area contributed by atoms with E-state index < -0.39 is 0 Å². The first-order valence-electron chi connectivity index (χ1n) is 6.36. The average molecular weight is 407 g/mol. The highest BCUT2D eigenvalue weighted by molar-refractivity contribution is 9.10. The minimum absolute atomic E-state index is 0.129. The Morgan fingerprint density at radius 1 is 1.45 bits per heavy atom. The van der Waals surface area contributed by atoms with Crippen LogP contribution >= 0.6 is 39.3 Å². The fourth-order valence-electron chi connectivity index (χ4n) is 1.90. The van der Waals surface area contributed by atoms with Crippen molar-refractivity contribution in [2.45, 2.75) is 6.42 Å². The quantitative estimate of drug-likeness (QED) is 0.594. The van der Waals surface area contributed by atoms with Gasteiger partial charge in [0.25, 0.3) is 11.1 Å². The van der Waals surface area contributed by atoms with E-state index in [4.69, 9.17) is 16.3 Å². The van der Waals surface area contributed by atoms with Gasteiger partial charge in [-0.3, -0.25) is 14.5 Å². The van der Waals surface area contributed by atoms with Gasteiger partial charge in [-0.2, -0.15) is 0 Å². The highest BCUT2D eigenvalue weighted by Gasteiger charge is 2.34. The number of halogens is 2. The predicted molar refractivity (Wildman–Crippen MR) is 90.0 cm³/mol. The minimum Gasteiger partial charge on any atom is -0.506 e. The van der Waals surface area contributed by atoms with E-state index in [2.05, 4.69) is 15.9 Å². The zero-order chi connectivity index (χ0) is 16.3. The largest absolute Gasteiger partial charge is 0.506 e. The molecule has 8 heteroatoms. The predicted octanol–water partition coefficient (Wildman–Crippen LogP) is 3.88. The number of methoxy groups -OCH3 is 1. The van der Waals surface area contributed by atoms with Crippen LogP contribution in [0.25, 0.3) is 6.08 Å². The number of hydrogen-bond donors (Lipinski definition) is 1. The smallest absolute Gasteiger partial charge is 0.293 e. The van der Waals surface area contributed by atoms with Gasteiger partial charge in [-0.15, -0.1) is 0 Å². The Hall–Kier alpha value is -1.02. The van der Waals surface area contributed by atoms with Crippen molar-refractivity contribution in [1.29, 1.82) is 0 Å². The summed E-state index contributed by atoms with van der Waals surface area (Å²) in [5.74, 6) is -0.502. The van der Waals surface area contributed by atoms with E-state index in [0.717, 1.165) is 11.8 Å². The molecule has 0 aromatic heterocycles. The lowest BCUT2D eigenvalue weighted by molar-refractivity contribution is -0.122. The van der Waals surface area contributed by atoms with Crippen LogP contribution in [0.3, 0.4) is 0 Å². The van der Waals surface area contributed by atoms with E-state index in [9.17, 15) is 14.7 Å².